The maximum absolute atomic E-state index is 11.9. The number of carbonyl (C=O) groups excluding carboxylic acids is 2. The number of nitrogens with two attached hydrogens (primary N) is 1. The molecule has 0 aliphatic rings. The van der Waals surface area contributed by atoms with Crippen LogP contribution in [0.2, 0.25) is 0 Å². The fraction of sp³-hybridized carbons (Fsp3) is 0.429. The number of anilines is 1. The van der Waals surface area contributed by atoms with Crippen LogP contribution < -0.4 is 15.7 Å². The number of hydrogen-bond acceptors (Lipinski definition) is 5. The Balaban J connectivity index is 2.65. The minimum absolute atomic E-state index is 0.152. The monoisotopic (exact) mass is 309 g/mol. The average molecular weight is 309 g/mol. The minimum Gasteiger partial charge on any atom is -0.544 e. The summed E-state index contributed by atoms with van der Waals surface area (Å²) in [4.78, 5) is 33.0. The van der Waals surface area contributed by atoms with Crippen LogP contribution in [0.1, 0.15) is 20.3 Å². The SMILES string of the molecule is CC(C)C[NH2+][C@H](CC(=O)Nc1cccc([N+](=O)[O-])c1)C(=O)[O-]. The fourth-order valence-electron chi connectivity index (χ4n) is 1.81. The van der Waals surface area contributed by atoms with Gasteiger partial charge in [0, 0.05) is 23.7 Å². The second-order valence-corrected chi connectivity index (χ2v) is 5.35. The Morgan fingerprint density at radius 1 is 1.36 bits per heavy atom. The van der Waals surface area contributed by atoms with Crippen LogP contribution in [-0.2, 0) is 9.59 Å². The molecule has 0 bridgehead atoms. The van der Waals surface area contributed by atoms with Gasteiger partial charge in [-0.05, 0) is 6.07 Å². The van der Waals surface area contributed by atoms with Gasteiger partial charge in [0.15, 0.2) is 0 Å². The number of quaternary nitrogens is 1. The highest BCUT2D eigenvalue weighted by Gasteiger charge is 2.19. The number of nitrogens with one attached hydrogen (secondary N) is 1. The van der Waals surface area contributed by atoms with Crippen LogP contribution in [0.15, 0.2) is 24.3 Å². The van der Waals surface area contributed by atoms with Crippen molar-refractivity contribution in [3.8, 4) is 0 Å². The number of carbonyl (C=O) groups is 2. The lowest BCUT2D eigenvalue weighted by molar-refractivity contribution is -0.686. The number of nitro benzene ring substituents is 1. The summed E-state index contributed by atoms with van der Waals surface area (Å²) >= 11 is 0. The lowest BCUT2D eigenvalue weighted by atomic mass is 10.1. The molecule has 1 amide bonds. The molecule has 0 aliphatic heterocycles. The summed E-state index contributed by atoms with van der Waals surface area (Å²) in [5, 5.41) is 25.7. The van der Waals surface area contributed by atoms with Crippen LogP contribution in [0, 0.1) is 16.0 Å². The van der Waals surface area contributed by atoms with E-state index in [2.05, 4.69) is 5.32 Å². The topological polar surface area (TPSA) is 129 Å². The summed E-state index contributed by atoms with van der Waals surface area (Å²) in [6, 6.07) is 4.46. The molecule has 3 N–H and O–H groups in total. The molecule has 0 aromatic heterocycles. The van der Waals surface area contributed by atoms with Gasteiger partial charge < -0.3 is 20.5 Å². The van der Waals surface area contributed by atoms with Crippen molar-refractivity contribution < 1.29 is 24.9 Å². The molecule has 0 saturated heterocycles. The van der Waals surface area contributed by atoms with E-state index in [1.165, 1.54) is 24.3 Å². The van der Waals surface area contributed by atoms with Crippen molar-refractivity contribution in [3.63, 3.8) is 0 Å². The van der Waals surface area contributed by atoms with E-state index in [4.69, 9.17) is 0 Å². The van der Waals surface area contributed by atoms with Crippen molar-refractivity contribution in [1.29, 1.82) is 0 Å². The number of nitrogens with zero attached hydrogens (tertiary/aromatic N) is 1. The zero-order valence-corrected chi connectivity index (χ0v) is 12.4. The van der Waals surface area contributed by atoms with E-state index in [1.807, 2.05) is 13.8 Å². The molecule has 0 fully saturated rings. The third kappa shape index (κ3) is 5.88. The quantitative estimate of drug-likeness (QED) is 0.482. The van der Waals surface area contributed by atoms with Gasteiger partial charge in [-0.1, -0.05) is 19.9 Å². The zero-order valence-electron chi connectivity index (χ0n) is 12.4. The molecule has 22 heavy (non-hydrogen) atoms. The van der Waals surface area contributed by atoms with Crippen LogP contribution in [-0.4, -0.2) is 29.4 Å². The Bertz CT molecular complexity index is 559. The molecule has 0 radical (unpaired) electrons. The van der Waals surface area contributed by atoms with Gasteiger partial charge in [-0.15, -0.1) is 0 Å². The Labute approximate surface area is 127 Å². The largest absolute Gasteiger partial charge is 0.544 e. The van der Waals surface area contributed by atoms with Gasteiger partial charge >= 0.3 is 0 Å². The highest BCUT2D eigenvalue weighted by Crippen LogP contribution is 2.17. The van der Waals surface area contributed by atoms with Crippen molar-refractivity contribution in [2.24, 2.45) is 5.92 Å². The fourth-order valence-corrected chi connectivity index (χ4v) is 1.81. The summed E-state index contributed by atoms with van der Waals surface area (Å²) in [5.41, 5.74) is 0.0979. The lowest BCUT2D eigenvalue weighted by Crippen LogP contribution is -2.94. The Hall–Kier alpha value is -2.48. The van der Waals surface area contributed by atoms with Crippen LogP contribution in [0.25, 0.3) is 0 Å². The van der Waals surface area contributed by atoms with Gasteiger partial charge in [0.1, 0.15) is 6.04 Å². The number of carboxylic acids is 1. The molecule has 1 aromatic rings. The first kappa shape index (κ1) is 17.6. The van der Waals surface area contributed by atoms with E-state index in [0.717, 1.165) is 0 Å². The van der Waals surface area contributed by atoms with Crippen LogP contribution >= 0.6 is 0 Å². The molecule has 120 valence electrons. The first-order chi connectivity index (χ1) is 10.3. The van der Waals surface area contributed by atoms with Crippen molar-refractivity contribution in [3.05, 3.63) is 34.4 Å². The summed E-state index contributed by atoms with van der Waals surface area (Å²) < 4.78 is 0. The Morgan fingerprint density at radius 2 is 2.05 bits per heavy atom. The standard InChI is InChI=1S/C14H19N3O5/c1-9(2)8-15-12(14(19)20)7-13(18)16-10-4-3-5-11(6-10)17(21)22/h3-6,9,12,15H,7-8H2,1-2H3,(H,16,18)(H,19,20)/t12-/m1/s1. The van der Waals surface area contributed by atoms with E-state index in [1.54, 1.807) is 5.32 Å². The summed E-state index contributed by atoms with van der Waals surface area (Å²) in [6.45, 7) is 4.43. The molecule has 1 aromatic carbocycles. The van der Waals surface area contributed by atoms with Crippen molar-refractivity contribution in [1.82, 2.24) is 0 Å². The predicted molar refractivity (Wildman–Crippen MR) is 76.8 cm³/mol. The molecule has 1 atom stereocenters. The molecule has 0 aliphatic carbocycles. The number of nitro groups is 1. The van der Waals surface area contributed by atoms with Gasteiger partial charge in [-0.3, -0.25) is 14.9 Å². The maximum atomic E-state index is 11.9. The van der Waals surface area contributed by atoms with Crippen LogP contribution in [0.5, 0.6) is 0 Å². The predicted octanol–water partition coefficient (Wildman–Crippen LogP) is -0.739. The number of carboxylic acid groups (broad SMARTS) is 1. The first-order valence-corrected chi connectivity index (χ1v) is 6.88. The highest BCUT2D eigenvalue weighted by molar-refractivity contribution is 5.93. The molecular formula is C14H19N3O5. The maximum Gasteiger partial charge on any atom is 0.271 e. The summed E-state index contributed by atoms with van der Waals surface area (Å²) in [5.74, 6) is -1.56. The third-order valence-electron chi connectivity index (χ3n) is 2.94. The van der Waals surface area contributed by atoms with E-state index >= 15 is 0 Å². The second kappa shape index (κ2) is 8.08. The van der Waals surface area contributed by atoms with Gasteiger partial charge in [-0.25, -0.2) is 0 Å². The Kier molecular flexibility index (Phi) is 6.46. The van der Waals surface area contributed by atoms with Gasteiger partial charge in [0.25, 0.3) is 5.69 Å². The van der Waals surface area contributed by atoms with Crippen LogP contribution in [0.3, 0.4) is 0 Å². The smallest absolute Gasteiger partial charge is 0.271 e. The molecular weight excluding hydrogens is 290 g/mol. The van der Waals surface area contributed by atoms with Gasteiger partial charge in [0.05, 0.1) is 23.9 Å². The van der Waals surface area contributed by atoms with Crippen molar-refractivity contribution in [2.45, 2.75) is 26.3 Å². The summed E-state index contributed by atoms with van der Waals surface area (Å²) in [6.07, 6.45) is -0.266. The molecule has 1 rings (SSSR count). The molecule has 0 unspecified atom stereocenters. The van der Waals surface area contributed by atoms with Crippen LogP contribution in [0.4, 0.5) is 11.4 Å². The normalized spacial score (nSPS) is 12.0. The number of amides is 1. The number of benzene rings is 1. The second-order valence-electron chi connectivity index (χ2n) is 5.35. The van der Waals surface area contributed by atoms with Gasteiger partial charge in [0.2, 0.25) is 5.91 Å². The minimum atomic E-state index is -1.31. The molecule has 0 spiro atoms. The number of hydrogen-bond donors (Lipinski definition) is 2. The average Bonchev–Trinajstić information content (AvgIpc) is 2.43. The highest BCUT2D eigenvalue weighted by atomic mass is 16.6. The first-order valence-electron chi connectivity index (χ1n) is 6.88. The number of rotatable bonds is 8. The van der Waals surface area contributed by atoms with Crippen molar-refractivity contribution in [2.75, 3.05) is 11.9 Å². The van der Waals surface area contributed by atoms with E-state index < -0.39 is 22.8 Å². The lowest BCUT2D eigenvalue weighted by Gasteiger charge is -2.17. The van der Waals surface area contributed by atoms with Gasteiger partial charge in [-0.2, -0.15) is 0 Å². The van der Waals surface area contributed by atoms with Crippen molar-refractivity contribution >= 4 is 23.3 Å². The molecule has 0 heterocycles. The number of aliphatic carboxylic acids is 1. The molecule has 0 saturated carbocycles. The van der Waals surface area contributed by atoms with E-state index in [9.17, 15) is 24.8 Å². The van der Waals surface area contributed by atoms with E-state index in [-0.39, 0.29) is 23.7 Å². The summed E-state index contributed by atoms with van der Waals surface area (Å²) in [7, 11) is 0. The number of non-ortho nitro benzene ring substituents is 1. The van der Waals surface area contributed by atoms with E-state index in [0.29, 0.717) is 6.54 Å². The third-order valence-corrected chi connectivity index (χ3v) is 2.94. The Morgan fingerprint density at radius 3 is 2.59 bits per heavy atom. The molecule has 8 heteroatoms. The molecule has 8 nitrogen and oxygen atoms in total. The zero-order chi connectivity index (χ0) is 16.7.